The summed E-state index contributed by atoms with van der Waals surface area (Å²) in [5, 5.41) is 19.1. The number of carbonyl (C=O) groups excluding carboxylic acids is 2. The molecule has 11 nitrogen and oxygen atoms in total. The third-order valence-electron chi connectivity index (χ3n) is 4.83. The van der Waals surface area contributed by atoms with Gasteiger partial charge in [0.1, 0.15) is 12.7 Å². The number of aromatic nitrogens is 5. The molecule has 1 aliphatic rings. The van der Waals surface area contributed by atoms with Gasteiger partial charge in [0.25, 0.3) is 11.8 Å². The molecule has 2 amide bonds. The molecule has 3 heterocycles. The Labute approximate surface area is 164 Å². The van der Waals surface area contributed by atoms with E-state index in [0.29, 0.717) is 42.2 Å². The van der Waals surface area contributed by atoms with Crippen LogP contribution in [0, 0.1) is 17.0 Å². The first-order valence-corrected chi connectivity index (χ1v) is 8.96. The summed E-state index contributed by atoms with van der Waals surface area (Å²) in [7, 11) is 0. The normalized spacial score (nSPS) is 13.2. The summed E-state index contributed by atoms with van der Waals surface area (Å²) < 4.78 is 3.07. The van der Waals surface area contributed by atoms with E-state index in [1.807, 2.05) is 0 Å². The monoisotopic (exact) mass is 395 g/mol. The van der Waals surface area contributed by atoms with Gasteiger partial charge in [0.15, 0.2) is 5.82 Å². The molecule has 0 bridgehead atoms. The van der Waals surface area contributed by atoms with Crippen molar-refractivity contribution in [2.75, 3.05) is 6.54 Å². The van der Waals surface area contributed by atoms with Crippen molar-refractivity contribution in [3.8, 4) is 0 Å². The minimum Gasteiger partial charge on any atom is -0.358 e. The van der Waals surface area contributed by atoms with Gasteiger partial charge in [-0.3, -0.25) is 14.5 Å². The van der Waals surface area contributed by atoms with Gasteiger partial charge in [-0.1, -0.05) is 17.3 Å². The van der Waals surface area contributed by atoms with Crippen LogP contribution < -0.4 is 0 Å². The molecular formula is C18H17N7O4. The summed E-state index contributed by atoms with van der Waals surface area (Å²) in [6.07, 6.45) is 3.30. The number of nitro groups is 1. The highest BCUT2D eigenvalue weighted by molar-refractivity contribution is 6.21. The molecule has 0 spiro atoms. The molecule has 3 aromatic rings. The van der Waals surface area contributed by atoms with Crippen molar-refractivity contribution in [3.63, 3.8) is 0 Å². The number of imidazole rings is 1. The predicted octanol–water partition coefficient (Wildman–Crippen LogP) is 1.23. The third-order valence-corrected chi connectivity index (χ3v) is 4.83. The zero-order chi connectivity index (χ0) is 20.5. The topological polar surface area (TPSA) is 129 Å². The van der Waals surface area contributed by atoms with Crippen LogP contribution in [0.5, 0.6) is 0 Å². The molecule has 148 valence electrons. The van der Waals surface area contributed by atoms with Crippen molar-refractivity contribution in [1.82, 2.24) is 29.4 Å². The van der Waals surface area contributed by atoms with E-state index in [9.17, 15) is 19.7 Å². The van der Waals surface area contributed by atoms with Gasteiger partial charge in [-0.05, 0) is 17.1 Å². The average molecular weight is 395 g/mol. The second kappa shape index (κ2) is 7.26. The van der Waals surface area contributed by atoms with E-state index < -0.39 is 4.92 Å². The maximum Gasteiger partial charge on any atom is 0.342 e. The van der Waals surface area contributed by atoms with E-state index in [0.717, 1.165) is 0 Å². The molecule has 0 atom stereocenters. The highest BCUT2D eigenvalue weighted by Gasteiger charge is 2.34. The van der Waals surface area contributed by atoms with E-state index in [-0.39, 0.29) is 24.2 Å². The number of hydrogen-bond donors (Lipinski definition) is 0. The van der Waals surface area contributed by atoms with Crippen LogP contribution >= 0.6 is 0 Å². The van der Waals surface area contributed by atoms with Crippen LogP contribution in [0.25, 0.3) is 0 Å². The lowest BCUT2D eigenvalue weighted by atomic mass is 10.1. The van der Waals surface area contributed by atoms with Gasteiger partial charge in [-0.25, -0.2) is 14.2 Å². The van der Waals surface area contributed by atoms with Crippen LogP contribution in [0.1, 0.15) is 32.2 Å². The zero-order valence-electron chi connectivity index (χ0n) is 15.6. The largest absolute Gasteiger partial charge is 0.358 e. The molecule has 0 fully saturated rings. The van der Waals surface area contributed by atoms with Crippen molar-refractivity contribution < 1.29 is 14.5 Å². The number of fused-ring (bicyclic) bond motifs is 1. The minimum atomic E-state index is -0.477. The number of rotatable bonds is 7. The predicted molar refractivity (Wildman–Crippen MR) is 99.2 cm³/mol. The lowest BCUT2D eigenvalue weighted by Gasteiger charge is -2.12. The Morgan fingerprint density at radius 2 is 1.76 bits per heavy atom. The van der Waals surface area contributed by atoms with E-state index >= 15 is 0 Å². The van der Waals surface area contributed by atoms with Gasteiger partial charge in [0, 0.05) is 26.1 Å². The second-order valence-electron chi connectivity index (χ2n) is 6.60. The molecule has 0 radical (unpaired) electrons. The summed E-state index contributed by atoms with van der Waals surface area (Å²) in [6.45, 7) is 2.60. The van der Waals surface area contributed by atoms with Crippen molar-refractivity contribution in [2.24, 2.45) is 0 Å². The molecule has 0 aliphatic carbocycles. The summed E-state index contributed by atoms with van der Waals surface area (Å²) in [5.41, 5.74) is 1.45. The second-order valence-corrected chi connectivity index (χ2v) is 6.60. The first-order valence-electron chi connectivity index (χ1n) is 8.96. The fourth-order valence-corrected chi connectivity index (χ4v) is 3.31. The lowest BCUT2D eigenvalue weighted by Crippen LogP contribution is -2.31. The Morgan fingerprint density at radius 1 is 1.07 bits per heavy atom. The maximum absolute atomic E-state index is 12.4. The van der Waals surface area contributed by atoms with Crippen LogP contribution in [0.3, 0.4) is 0 Å². The van der Waals surface area contributed by atoms with Gasteiger partial charge in [-0.2, -0.15) is 0 Å². The fraction of sp³-hybridized carbons (Fsp3) is 0.278. The van der Waals surface area contributed by atoms with Gasteiger partial charge in [-0.15, -0.1) is 5.10 Å². The van der Waals surface area contributed by atoms with Crippen molar-refractivity contribution in [1.29, 1.82) is 0 Å². The van der Waals surface area contributed by atoms with Gasteiger partial charge >= 0.3 is 5.82 Å². The quantitative estimate of drug-likeness (QED) is 0.334. The molecule has 0 unspecified atom stereocenters. The number of carbonyl (C=O) groups is 2. The smallest absolute Gasteiger partial charge is 0.342 e. The van der Waals surface area contributed by atoms with E-state index in [1.54, 1.807) is 42.1 Å². The molecular weight excluding hydrogens is 378 g/mol. The fourth-order valence-electron chi connectivity index (χ4n) is 3.31. The van der Waals surface area contributed by atoms with Crippen molar-refractivity contribution in [2.45, 2.75) is 26.4 Å². The third kappa shape index (κ3) is 3.37. The Hall–Kier alpha value is -3.89. The lowest BCUT2D eigenvalue weighted by molar-refractivity contribution is -0.392. The van der Waals surface area contributed by atoms with Crippen LogP contribution in [0.4, 0.5) is 5.82 Å². The average Bonchev–Trinajstić information content (AvgIpc) is 3.37. The van der Waals surface area contributed by atoms with Gasteiger partial charge in [0.05, 0.1) is 23.4 Å². The zero-order valence-corrected chi connectivity index (χ0v) is 15.6. The van der Waals surface area contributed by atoms with E-state index in [4.69, 9.17) is 0 Å². The summed E-state index contributed by atoms with van der Waals surface area (Å²) >= 11 is 0. The Kier molecular flexibility index (Phi) is 4.63. The molecule has 1 aromatic carbocycles. The van der Waals surface area contributed by atoms with Crippen molar-refractivity contribution in [3.05, 3.63) is 69.4 Å². The van der Waals surface area contributed by atoms with E-state index in [2.05, 4.69) is 15.3 Å². The molecule has 0 saturated carbocycles. The van der Waals surface area contributed by atoms with Crippen LogP contribution in [-0.2, 0) is 19.5 Å². The maximum atomic E-state index is 12.4. The number of amides is 2. The van der Waals surface area contributed by atoms with Crippen LogP contribution in [0.2, 0.25) is 0 Å². The Balaban J connectivity index is 1.37. The Bertz CT molecular complexity index is 1080. The molecule has 0 saturated heterocycles. The van der Waals surface area contributed by atoms with Crippen LogP contribution in [0.15, 0.2) is 36.7 Å². The molecule has 29 heavy (non-hydrogen) atoms. The molecule has 1 aliphatic heterocycles. The van der Waals surface area contributed by atoms with E-state index in [1.165, 1.54) is 15.7 Å². The van der Waals surface area contributed by atoms with Crippen molar-refractivity contribution >= 4 is 17.6 Å². The SMILES string of the molecule is Cc1ncc([N+](=O)[O-])n1CCn1cc(CCN2C(=O)c3ccccc3C2=O)nn1. The number of benzene rings is 1. The molecule has 4 rings (SSSR count). The highest BCUT2D eigenvalue weighted by atomic mass is 16.6. The first-order chi connectivity index (χ1) is 14.0. The molecule has 2 aromatic heterocycles. The summed E-state index contributed by atoms with van der Waals surface area (Å²) in [6, 6.07) is 6.74. The number of nitrogens with zero attached hydrogens (tertiary/aromatic N) is 7. The minimum absolute atomic E-state index is 0.0755. The van der Waals surface area contributed by atoms with Gasteiger partial charge < -0.3 is 10.1 Å². The van der Waals surface area contributed by atoms with Gasteiger partial charge in [0.2, 0.25) is 0 Å². The molecule has 11 heteroatoms. The summed E-state index contributed by atoms with van der Waals surface area (Å²) in [4.78, 5) is 40.5. The number of aryl methyl sites for hydroxylation is 2. The highest BCUT2D eigenvalue weighted by Crippen LogP contribution is 2.22. The Morgan fingerprint density at radius 3 is 2.41 bits per heavy atom. The first kappa shape index (κ1) is 18.5. The summed E-state index contributed by atoms with van der Waals surface area (Å²) in [5.74, 6) is -0.141. The molecule has 0 N–H and O–H groups in total. The standard InChI is InChI=1S/C18H17N7O4/c1-12-19-10-16(25(28)29)23(12)9-8-22-11-13(20-21-22)6-7-24-17(26)14-4-2-3-5-15(14)18(24)27/h2-5,10-11H,6-9H2,1H3. The van der Waals surface area contributed by atoms with Crippen LogP contribution in [-0.4, -0.2) is 52.7 Å². The number of hydrogen-bond acceptors (Lipinski definition) is 7. The number of imide groups is 1.